The van der Waals surface area contributed by atoms with Crippen molar-refractivity contribution >= 4 is 34.0 Å². The van der Waals surface area contributed by atoms with E-state index in [4.69, 9.17) is 5.73 Å². The fraction of sp³-hybridized carbons (Fsp3) is 0.250. The molecule has 0 fully saturated rings. The van der Waals surface area contributed by atoms with E-state index in [-0.39, 0.29) is 12.0 Å². The Kier molecular flexibility index (Phi) is 3.97. The number of nitrogens with two attached hydrogens (primary N) is 1. The average Bonchev–Trinajstić information content (AvgIpc) is 3.15. The smallest absolute Gasteiger partial charge is 0.110 e. The molecule has 19 heavy (non-hydrogen) atoms. The molecule has 0 aliphatic rings. The van der Waals surface area contributed by atoms with Gasteiger partial charge in [0.05, 0.1) is 16.1 Å². The van der Waals surface area contributed by atoms with Crippen LogP contribution in [0.3, 0.4) is 0 Å². The zero-order valence-corrected chi connectivity index (χ0v) is 12.4. The van der Waals surface area contributed by atoms with Gasteiger partial charge in [0.2, 0.25) is 0 Å². The maximum Gasteiger partial charge on any atom is 0.110 e. The summed E-state index contributed by atoms with van der Waals surface area (Å²) in [5, 5.41) is 9.03. The van der Waals surface area contributed by atoms with Gasteiger partial charge in [0.25, 0.3) is 0 Å². The highest BCUT2D eigenvalue weighted by molar-refractivity contribution is 7.10. The molecule has 0 aliphatic carbocycles. The van der Waals surface area contributed by atoms with Crippen molar-refractivity contribution in [3.63, 3.8) is 0 Å². The van der Waals surface area contributed by atoms with Gasteiger partial charge in [-0.3, -0.25) is 0 Å². The van der Waals surface area contributed by atoms with Crippen molar-refractivity contribution in [2.24, 2.45) is 5.73 Å². The second kappa shape index (κ2) is 5.87. The summed E-state index contributed by atoms with van der Waals surface area (Å²) < 4.78 is 0. The molecule has 4 nitrogen and oxygen atoms in total. The van der Waals surface area contributed by atoms with Crippen molar-refractivity contribution in [1.82, 2.24) is 15.0 Å². The number of nitrogens with zero attached hydrogens (tertiary/aromatic N) is 3. The molecule has 2 atom stereocenters. The molecule has 3 aromatic rings. The molecule has 3 heterocycles. The van der Waals surface area contributed by atoms with Gasteiger partial charge in [-0.05, 0) is 0 Å². The highest BCUT2D eigenvalue weighted by atomic mass is 32.1. The van der Waals surface area contributed by atoms with Crippen molar-refractivity contribution in [1.29, 1.82) is 0 Å². The highest BCUT2D eigenvalue weighted by Gasteiger charge is 2.26. The maximum atomic E-state index is 6.38. The van der Waals surface area contributed by atoms with Gasteiger partial charge >= 0.3 is 0 Å². The molecule has 0 bridgehead atoms. The molecule has 3 aromatic heterocycles. The largest absolute Gasteiger partial charge is 0.321 e. The van der Waals surface area contributed by atoms with Gasteiger partial charge in [0, 0.05) is 47.1 Å². The third-order valence-corrected chi connectivity index (χ3v) is 5.40. The first-order valence-electron chi connectivity index (χ1n) is 5.77. The van der Waals surface area contributed by atoms with E-state index in [1.54, 1.807) is 40.2 Å². The van der Waals surface area contributed by atoms with Crippen LogP contribution in [-0.4, -0.2) is 15.0 Å². The van der Waals surface area contributed by atoms with Crippen molar-refractivity contribution in [2.75, 3.05) is 0 Å². The highest BCUT2D eigenvalue weighted by Crippen LogP contribution is 2.34. The molecule has 0 aliphatic heterocycles. The third-order valence-electron chi connectivity index (χ3n) is 2.82. The van der Waals surface area contributed by atoms with Crippen LogP contribution in [0.4, 0.5) is 0 Å². The summed E-state index contributed by atoms with van der Waals surface area (Å²) in [5.41, 5.74) is 6.38. The Morgan fingerprint density at radius 3 is 2.11 bits per heavy atom. The van der Waals surface area contributed by atoms with Crippen LogP contribution in [0.2, 0.25) is 0 Å². The summed E-state index contributed by atoms with van der Waals surface area (Å²) in [7, 11) is 0. The van der Waals surface area contributed by atoms with Crippen LogP contribution in [0, 0.1) is 0 Å². The van der Waals surface area contributed by atoms with Crippen LogP contribution in [-0.2, 0) is 6.42 Å². The minimum absolute atomic E-state index is 0.130. The van der Waals surface area contributed by atoms with Gasteiger partial charge in [0.15, 0.2) is 0 Å². The fourth-order valence-electron chi connectivity index (χ4n) is 1.90. The number of rotatable bonds is 5. The lowest BCUT2D eigenvalue weighted by Crippen LogP contribution is -2.21. The summed E-state index contributed by atoms with van der Waals surface area (Å²) in [6, 6.07) is -0.130. The van der Waals surface area contributed by atoms with Crippen LogP contribution in [0.1, 0.15) is 27.0 Å². The fourth-order valence-corrected chi connectivity index (χ4v) is 4.07. The molecule has 0 radical (unpaired) electrons. The zero-order chi connectivity index (χ0) is 13.1. The second-order valence-corrected chi connectivity index (χ2v) is 6.83. The Balaban J connectivity index is 1.88. The average molecular weight is 308 g/mol. The Hall–Kier alpha value is -1.15. The first-order valence-corrected chi connectivity index (χ1v) is 8.41. The van der Waals surface area contributed by atoms with E-state index in [1.807, 2.05) is 28.5 Å². The molecular formula is C12H12N4S3. The first kappa shape index (κ1) is 12.9. The van der Waals surface area contributed by atoms with Crippen LogP contribution in [0.5, 0.6) is 0 Å². The first-order chi connectivity index (χ1) is 9.34. The Labute approximate surface area is 123 Å². The SMILES string of the molecule is NC(c1nccs1)C(Cc1nccs1)c1nccs1. The predicted molar refractivity (Wildman–Crippen MR) is 79.7 cm³/mol. The third kappa shape index (κ3) is 2.89. The number of hydrogen-bond donors (Lipinski definition) is 1. The van der Waals surface area contributed by atoms with E-state index < -0.39 is 0 Å². The summed E-state index contributed by atoms with van der Waals surface area (Å²) in [6.07, 6.45) is 6.26. The van der Waals surface area contributed by atoms with Gasteiger partial charge in [-0.25, -0.2) is 15.0 Å². The normalized spacial score (nSPS) is 14.4. The maximum absolute atomic E-state index is 6.38. The van der Waals surface area contributed by atoms with Crippen LogP contribution >= 0.6 is 34.0 Å². The summed E-state index contributed by atoms with van der Waals surface area (Å²) in [6.45, 7) is 0. The summed E-state index contributed by atoms with van der Waals surface area (Å²) >= 11 is 4.89. The van der Waals surface area contributed by atoms with Crippen LogP contribution < -0.4 is 5.73 Å². The molecule has 0 amide bonds. The predicted octanol–water partition coefficient (Wildman–Crippen LogP) is 3.08. The lowest BCUT2D eigenvalue weighted by atomic mass is 9.98. The van der Waals surface area contributed by atoms with E-state index in [0.29, 0.717) is 0 Å². The molecule has 0 saturated carbocycles. The van der Waals surface area contributed by atoms with Crippen molar-refractivity contribution in [3.8, 4) is 0 Å². The molecule has 0 spiro atoms. The molecule has 3 rings (SSSR count). The van der Waals surface area contributed by atoms with Crippen LogP contribution in [0.15, 0.2) is 34.7 Å². The van der Waals surface area contributed by atoms with E-state index >= 15 is 0 Å². The molecule has 98 valence electrons. The summed E-state index contributed by atoms with van der Waals surface area (Å²) in [4.78, 5) is 13.1. The van der Waals surface area contributed by atoms with Gasteiger partial charge < -0.3 is 5.73 Å². The van der Waals surface area contributed by atoms with Crippen molar-refractivity contribution in [3.05, 3.63) is 49.8 Å². The van der Waals surface area contributed by atoms with Gasteiger partial charge in [0.1, 0.15) is 5.01 Å². The van der Waals surface area contributed by atoms with E-state index in [0.717, 1.165) is 21.4 Å². The topological polar surface area (TPSA) is 64.7 Å². The van der Waals surface area contributed by atoms with Crippen LogP contribution in [0.25, 0.3) is 0 Å². The lowest BCUT2D eigenvalue weighted by Gasteiger charge is -2.19. The van der Waals surface area contributed by atoms with Crippen molar-refractivity contribution < 1.29 is 0 Å². The second-order valence-electron chi connectivity index (χ2n) is 4.00. The molecule has 2 unspecified atom stereocenters. The Bertz CT molecular complexity index is 589. The number of aromatic nitrogens is 3. The van der Waals surface area contributed by atoms with Gasteiger partial charge in [-0.1, -0.05) is 0 Å². The minimum atomic E-state index is -0.130. The molecular weight excluding hydrogens is 296 g/mol. The number of thiazole rings is 3. The van der Waals surface area contributed by atoms with Crippen molar-refractivity contribution in [2.45, 2.75) is 18.4 Å². The van der Waals surface area contributed by atoms with E-state index in [1.165, 1.54) is 0 Å². The monoisotopic (exact) mass is 308 g/mol. The van der Waals surface area contributed by atoms with Gasteiger partial charge in [-0.2, -0.15) is 0 Å². The van der Waals surface area contributed by atoms with E-state index in [9.17, 15) is 0 Å². The molecule has 2 N–H and O–H groups in total. The van der Waals surface area contributed by atoms with Gasteiger partial charge in [-0.15, -0.1) is 34.0 Å². The minimum Gasteiger partial charge on any atom is -0.321 e. The lowest BCUT2D eigenvalue weighted by molar-refractivity contribution is 0.545. The summed E-state index contributed by atoms with van der Waals surface area (Å²) in [5.74, 6) is 0.136. The molecule has 0 aromatic carbocycles. The molecule has 7 heteroatoms. The van der Waals surface area contributed by atoms with E-state index in [2.05, 4.69) is 15.0 Å². The zero-order valence-electron chi connectivity index (χ0n) is 9.97. The standard InChI is InChI=1S/C12H12N4S3/c13-10(12-16-3-6-19-12)8(11-15-2-5-18-11)7-9-14-1-4-17-9/h1-6,8,10H,7,13H2. The Morgan fingerprint density at radius 2 is 1.53 bits per heavy atom. The quantitative estimate of drug-likeness (QED) is 0.786. The molecule has 0 saturated heterocycles. The number of hydrogen-bond acceptors (Lipinski definition) is 7. The Morgan fingerprint density at radius 1 is 0.895 bits per heavy atom.